The molecule has 4 aromatic rings. The van der Waals surface area contributed by atoms with Gasteiger partial charge in [0.15, 0.2) is 0 Å². The van der Waals surface area contributed by atoms with Crippen molar-refractivity contribution in [1.29, 1.82) is 0 Å². The Labute approximate surface area is 180 Å². The minimum absolute atomic E-state index is 0. The first-order chi connectivity index (χ1) is 14.0. The van der Waals surface area contributed by atoms with E-state index in [0.717, 1.165) is 27.9 Å². The van der Waals surface area contributed by atoms with Gasteiger partial charge in [0.25, 0.3) is 0 Å². The van der Waals surface area contributed by atoms with Crippen LogP contribution in [-0.2, 0) is 0 Å². The first kappa shape index (κ1) is 21.6. The Morgan fingerprint density at radius 1 is 1.00 bits per heavy atom. The number of aromatic nitrogens is 2. The number of nitrogens with zero attached hydrogens (tertiary/aromatic N) is 2. The zero-order valence-corrected chi connectivity index (χ0v) is 17.5. The van der Waals surface area contributed by atoms with Gasteiger partial charge in [0.1, 0.15) is 23.4 Å². The van der Waals surface area contributed by atoms with E-state index in [1.54, 1.807) is 30.1 Å². The molecule has 2 unspecified atom stereocenters. The van der Waals surface area contributed by atoms with E-state index in [9.17, 15) is 4.39 Å². The van der Waals surface area contributed by atoms with Crippen LogP contribution in [0.2, 0.25) is 0 Å². The number of rotatable bonds is 6. The fourth-order valence-electron chi connectivity index (χ4n) is 3.32. The summed E-state index contributed by atoms with van der Waals surface area (Å²) in [5, 5.41) is 5.35. The van der Waals surface area contributed by atoms with Gasteiger partial charge in [-0.25, -0.2) is 9.07 Å². The molecule has 0 fully saturated rings. The van der Waals surface area contributed by atoms with Crippen molar-refractivity contribution >= 4 is 23.3 Å². The fourth-order valence-corrected chi connectivity index (χ4v) is 3.32. The molecule has 5 nitrogen and oxygen atoms in total. The van der Waals surface area contributed by atoms with E-state index in [1.807, 2.05) is 49.4 Å². The van der Waals surface area contributed by atoms with Crippen molar-refractivity contribution in [3.8, 4) is 17.2 Å². The number of ether oxygens (including phenoxy) is 2. The van der Waals surface area contributed by atoms with E-state index in [4.69, 9.17) is 15.2 Å². The van der Waals surface area contributed by atoms with E-state index >= 15 is 0 Å². The fraction of sp³-hybridized carbons (Fsp3) is 0.174. The lowest BCUT2D eigenvalue weighted by Gasteiger charge is -2.23. The quantitative estimate of drug-likeness (QED) is 0.467. The average Bonchev–Trinajstić information content (AvgIpc) is 3.15. The smallest absolute Gasteiger partial charge is 0.139 e. The van der Waals surface area contributed by atoms with Crippen molar-refractivity contribution in [2.24, 2.45) is 5.73 Å². The molecular weight excluding hydrogens is 405 g/mol. The van der Waals surface area contributed by atoms with Crippen LogP contribution in [0.1, 0.15) is 18.6 Å². The number of methoxy groups -OCH3 is 1. The predicted molar refractivity (Wildman–Crippen MR) is 118 cm³/mol. The van der Waals surface area contributed by atoms with Crippen molar-refractivity contribution in [2.75, 3.05) is 7.11 Å². The Morgan fingerprint density at radius 3 is 2.47 bits per heavy atom. The van der Waals surface area contributed by atoms with Crippen LogP contribution in [0.25, 0.3) is 16.6 Å². The Hall–Kier alpha value is -3.09. The highest BCUT2D eigenvalue weighted by Crippen LogP contribution is 2.29. The molecule has 30 heavy (non-hydrogen) atoms. The molecule has 0 spiro atoms. The molecule has 0 aliphatic rings. The van der Waals surface area contributed by atoms with Crippen molar-refractivity contribution in [1.82, 2.24) is 9.78 Å². The molecule has 0 bridgehead atoms. The van der Waals surface area contributed by atoms with Gasteiger partial charge in [-0.2, -0.15) is 5.10 Å². The minimum Gasteiger partial charge on any atom is -0.497 e. The summed E-state index contributed by atoms with van der Waals surface area (Å²) in [5.74, 6) is 1.18. The molecule has 0 radical (unpaired) electrons. The number of nitrogens with two attached hydrogens (primary N) is 1. The van der Waals surface area contributed by atoms with Gasteiger partial charge in [0.05, 0.1) is 24.5 Å². The van der Waals surface area contributed by atoms with Crippen molar-refractivity contribution < 1.29 is 13.9 Å². The molecule has 0 aliphatic heterocycles. The van der Waals surface area contributed by atoms with Gasteiger partial charge in [0, 0.05) is 11.4 Å². The summed E-state index contributed by atoms with van der Waals surface area (Å²) in [7, 11) is 1.63. The Morgan fingerprint density at radius 2 is 1.77 bits per heavy atom. The Kier molecular flexibility index (Phi) is 6.59. The highest BCUT2D eigenvalue weighted by atomic mass is 35.5. The molecule has 156 valence electrons. The molecule has 0 amide bonds. The van der Waals surface area contributed by atoms with E-state index in [1.165, 1.54) is 12.1 Å². The lowest BCUT2D eigenvalue weighted by Crippen LogP contribution is -2.29. The summed E-state index contributed by atoms with van der Waals surface area (Å²) in [6.07, 6.45) is 1.44. The van der Waals surface area contributed by atoms with Crippen molar-refractivity contribution in [2.45, 2.75) is 19.1 Å². The third kappa shape index (κ3) is 4.40. The zero-order valence-electron chi connectivity index (χ0n) is 16.7. The summed E-state index contributed by atoms with van der Waals surface area (Å²) in [4.78, 5) is 0. The second-order valence-corrected chi connectivity index (χ2v) is 6.93. The molecule has 0 saturated heterocycles. The third-order valence-electron chi connectivity index (χ3n) is 4.77. The summed E-state index contributed by atoms with van der Waals surface area (Å²) in [5.41, 5.74) is 8.84. The first-order valence-electron chi connectivity index (χ1n) is 9.35. The van der Waals surface area contributed by atoms with E-state index < -0.39 is 0 Å². The van der Waals surface area contributed by atoms with Gasteiger partial charge >= 0.3 is 0 Å². The molecule has 0 saturated carbocycles. The van der Waals surface area contributed by atoms with Gasteiger partial charge in [-0.1, -0.05) is 12.1 Å². The molecular formula is C23H23ClFN3O2. The van der Waals surface area contributed by atoms with Crippen molar-refractivity contribution in [3.63, 3.8) is 0 Å². The lowest BCUT2D eigenvalue weighted by molar-refractivity contribution is 0.180. The molecule has 2 atom stereocenters. The summed E-state index contributed by atoms with van der Waals surface area (Å²) >= 11 is 0. The van der Waals surface area contributed by atoms with Crippen LogP contribution in [0.5, 0.6) is 11.5 Å². The zero-order chi connectivity index (χ0) is 20.4. The number of halogens is 2. The first-order valence-corrected chi connectivity index (χ1v) is 9.35. The summed E-state index contributed by atoms with van der Waals surface area (Å²) in [6, 6.07) is 19.5. The molecule has 0 aliphatic carbocycles. The van der Waals surface area contributed by atoms with Crippen LogP contribution < -0.4 is 15.2 Å². The van der Waals surface area contributed by atoms with Gasteiger partial charge in [-0.3, -0.25) is 0 Å². The Balaban J connectivity index is 0.00000256. The second kappa shape index (κ2) is 9.15. The highest BCUT2D eigenvalue weighted by molar-refractivity contribution is 5.85. The highest BCUT2D eigenvalue weighted by Gasteiger charge is 2.19. The van der Waals surface area contributed by atoms with Crippen LogP contribution in [0, 0.1) is 5.82 Å². The maximum atomic E-state index is 13.2. The van der Waals surface area contributed by atoms with Crippen LogP contribution >= 0.6 is 12.4 Å². The SMILES string of the molecule is COc1cccc(C(Oc2ccc3c(cnn3-c3ccc(F)cc3)c2)C(C)N)c1.Cl. The Bertz CT molecular complexity index is 1130. The normalized spacial score (nSPS) is 12.8. The summed E-state index contributed by atoms with van der Waals surface area (Å²) < 4.78 is 26.5. The average molecular weight is 428 g/mol. The predicted octanol–water partition coefficient (Wildman–Crippen LogP) is 5.06. The third-order valence-corrected chi connectivity index (χ3v) is 4.77. The van der Waals surface area contributed by atoms with E-state index in [2.05, 4.69) is 5.10 Å². The monoisotopic (exact) mass is 427 g/mol. The van der Waals surface area contributed by atoms with Crippen LogP contribution in [-0.4, -0.2) is 22.9 Å². The van der Waals surface area contributed by atoms with Crippen LogP contribution in [0.3, 0.4) is 0 Å². The molecule has 2 N–H and O–H groups in total. The molecule has 1 heterocycles. The van der Waals surface area contributed by atoms with E-state index in [0.29, 0.717) is 5.75 Å². The topological polar surface area (TPSA) is 62.3 Å². The largest absolute Gasteiger partial charge is 0.497 e. The van der Waals surface area contributed by atoms with Crippen molar-refractivity contribution in [3.05, 3.63) is 84.3 Å². The number of hydrogen-bond acceptors (Lipinski definition) is 4. The maximum absolute atomic E-state index is 13.2. The number of hydrogen-bond donors (Lipinski definition) is 1. The van der Waals surface area contributed by atoms with Gasteiger partial charge in [0.2, 0.25) is 0 Å². The minimum atomic E-state index is -0.324. The standard InChI is InChI=1S/C23H22FN3O2.ClH/c1-15(25)23(16-4-3-5-20(12-16)28-2)29-21-10-11-22-17(13-21)14-26-27(22)19-8-6-18(24)7-9-19;/h3-15,23H,25H2,1-2H3;1H. The van der Waals surface area contributed by atoms with Gasteiger partial charge in [-0.15, -0.1) is 12.4 Å². The number of benzene rings is 3. The molecule has 4 rings (SSSR count). The lowest BCUT2D eigenvalue weighted by atomic mass is 10.0. The maximum Gasteiger partial charge on any atom is 0.139 e. The molecule has 1 aromatic heterocycles. The van der Waals surface area contributed by atoms with Gasteiger partial charge < -0.3 is 15.2 Å². The second-order valence-electron chi connectivity index (χ2n) is 6.93. The molecule has 3 aromatic carbocycles. The number of fused-ring (bicyclic) bond motifs is 1. The summed E-state index contributed by atoms with van der Waals surface area (Å²) in [6.45, 7) is 1.91. The van der Waals surface area contributed by atoms with E-state index in [-0.39, 0.29) is 30.4 Å². The van der Waals surface area contributed by atoms with Gasteiger partial charge in [-0.05, 0) is 67.1 Å². The van der Waals surface area contributed by atoms with Crippen LogP contribution in [0.4, 0.5) is 4.39 Å². The van der Waals surface area contributed by atoms with Crippen LogP contribution in [0.15, 0.2) is 72.9 Å². The molecule has 7 heteroatoms.